The third kappa shape index (κ3) is 5.99. The van der Waals surface area contributed by atoms with Crippen molar-refractivity contribution in [3.63, 3.8) is 0 Å². The van der Waals surface area contributed by atoms with Crippen molar-refractivity contribution in [2.24, 2.45) is 0 Å². The van der Waals surface area contributed by atoms with Gasteiger partial charge in [-0.25, -0.2) is 0 Å². The number of carbonyl (C=O) groups excluding carboxylic acids is 4. The maximum atomic E-state index is 14.1. The van der Waals surface area contributed by atoms with Gasteiger partial charge in [0.25, 0.3) is 5.91 Å². The van der Waals surface area contributed by atoms with Crippen molar-refractivity contribution in [3.05, 3.63) is 138 Å². The largest absolute Gasteiger partial charge is 0.508 e. The Labute approximate surface area is 325 Å². The number of ketones is 1. The topological polar surface area (TPSA) is 101 Å². The second kappa shape index (κ2) is 13.8. The Bertz CT molecular complexity index is 2530. The fourth-order valence-electron chi connectivity index (χ4n) is 8.88. The molecule has 5 aromatic carbocycles. The summed E-state index contributed by atoms with van der Waals surface area (Å²) in [6.07, 6.45) is 3.05. The number of carbonyl (C=O) groups is 4. The Balaban J connectivity index is 1.07. The maximum absolute atomic E-state index is 14.1. The van der Waals surface area contributed by atoms with Crippen LogP contribution in [0.1, 0.15) is 43.8 Å². The summed E-state index contributed by atoms with van der Waals surface area (Å²) in [4.78, 5) is 59.5. The van der Waals surface area contributed by atoms with Crippen LogP contribution in [0, 0.1) is 6.92 Å². The van der Waals surface area contributed by atoms with Gasteiger partial charge >= 0.3 is 0 Å². The molecule has 5 aromatic rings. The molecule has 0 saturated carbocycles. The van der Waals surface area contributed by atoms with E-state index in [2.05, 4.69) is 61.4 Å². The van der Waals surface area contributed by atoms with Crippen LogP contribution in [-0.4, -0.2) is 93.0 Å². The highest BCUT2D eigenvalue weighted by molar-refractivity contribution is 6.05. The Morgan fingerprint density at radius 2 is 1.36 bits per heavy atom. The number of rotatable bonds is 7. The van der Waals surface area contributed by atoms with Crippen LogP contribution < -0.4 is 0 Å². The van der Waals surface area contributed by atoms with Crippen molar-refractivity contribution >= 4 is 34.3 Å². The van der Waals surface area contributed by atoms with E-state index < -0.39 is 0 Å². The minimum absolute atomic E-state index is 0.0357. The number of phenolic OH excluding ortho intramolecular Hbond substituents is 1. The summed E-state index contributed by atoms with van der Waals surface area (Å²) in [5.41, 5.74) is 9.92. The van der Waals surface area contributed by atoms with E-state index in [1.807, 2.05) is 41.3 Å². The molecule has 0 aromatic heterocycles. The summed E-state index contributed by atoms with van der Waals surface area (Å²) in [6.45, 7) is 13.2. The van der Waals surface area contributed by atoms with Gasteiger partial charge in [0, 0.05) is 69.4 Å². The number of aromatic hydroxyl groups is 1. The molecule has 9 rings (SSSR count). The molecule has 9 nitrogen and oxygen atoms in total. The van der Waals surface area contributed by atoms with Crippen LogP contribution in [0.3, 0.4) is 0 Å². The van der Waals surface area contributed by atoms with Crippen molar-refractivity contribution < 1.29 is 24.3 Å². The fourth-order valence-corrected chi connectivity index (χ4v) is 8.88. The van der Waals surface area contributed by atoms with Crippen LogP contribution in [0.2, 0.25) is 0 Å². The van der Waals surface area contributed by atoms with Crippen molar-refractivity contribution in [1.29, 1.82) is 0 Å². The summed E-state index contributed by atoms with van der Waals surface area (Å²) in [7, 11) is 0. The molecule has 0 aliphatic carbocycles. The molecular formula is C47H42N4O5. The number of nitrogens with zero attached hydrogens (tertiary/aromatic N) is 4. The Kier molecular flexibility index (Phi) is 8.70. The molecule has 56 heavy (non-hydrogen) atoms. The molecule has 0 radical (unpaired) electrons. The lowest BCUT2D eigenvalue weighted by molar-refractivity contribution is -0.133. The molecule has 4 aliphatic rings. The fraction of sp³-hybridized carbons (Fsp3) is 0.234. The predicted molar refractivity (Wildman–Crippen MR) is 217 cm³/mol. The first-order valence-corrected chi connectivity index (χ1v) is 19.1. The van der Waals surface area contributed by atoms with E-state index in [9.17, 15) is 24.3 Å². The lowest BCUT2D eigenvalue weighted by Crippen LogP contribution is -2.60. The molecule has 3 amide bonds. The Hall–Kier alpha value is -6.32. The van der Waals surface area contributed by atoms with Crippen LogP contribution >= 0.6 is 0 Å². The number of likely N-dealkylation sites (tertiary alicyclic amines) is 2. The third-order valence-corrected chi connectivity index (χ3v) is 12.1. The van der Waals surface area contributed by atoms with Gasteiger partial charge in [-0.1, -0.05) is 61.7 Å². The first-order chi connectivity index (χ1) is 27.1. The predicted octanol–water partition coefficient (Wildman–Crippen LogP) is 6.99. The van der Waals surface area contributed by atoms with E-state index >= 15 is 0 Å². The van der Waals surface area contributed by atoms with Crippen LogP contribution in [0.15, 0.2) is 110 Å². The average Bonchev–Trinajstić information content (AvgIpc) is 3.39. The van der Waals surface area contributed by atoms with Crippen LogP contribution in [0.4, 0.5) is 0 Å². The van der Waals surface area contributed by atoms with Gasteiger partial charge in [0.05, 0.1) is 6.04 Å². The van der Waals surface area contributed by atoms with E-state index in [1.165, 1.54) is 12.2 Å². The first-order valence-electron chi connectivity index (χ1n) is 19.1. The lowest BCUT2D eigenvalue weighted by Gasteiger charge is -2.44. The summed E-state index contributed by atoms with van der Waals surface area (Å²) in [5.74, 6) is -0.0296. The zero-order chi connectivity index (χ0) is 38.8. The second-order valence-corrected chi connectivity index (χ2v) is 15.4. The molecule has 9 heteroatoms. The zero-order valence-corrected chi connectivity index (χ0v) is 31.3. The van der Waals surface area contributed by atoms with Crippen molar-refractivity contribution in [2.45, 2.75) is 38.5 Å². The molecule has 4 heterocycles. The van der Waals surface area contributed by atoms with Gasteiger partial charge in [-0.3, -0.25) is 24.1 Å². The summed E-state index contributed by atoms with van der Waals surface area (Å²) >= 11 is 0. The highest BCUT2D eigenvalue weighted by Gasteiger charge is 2.41. The maximum Gasteiger partial charge on any atom is 0.254 e. The number of benzene rings is 5. The highest BCUT2D eigenvalue weighted by atomic mass is 16.3. The van der Waals surface area contributed by atoms with E-state index in [4.69, 9.17) is 0 Å². The Morgan fingerprint density at radius 3 is 2.09 bits per heavy atom. The molecule has 2 saturated heterocycles. The number of amides is 3. The van der Waals surface area contributed by atoms with Crippen molar-refractivity contribution in [3.8, 4) is 39.1 Å². The van der Waals surface area contributed by atoms with Gasteiger partial charge in [-0.05, 0) is 116 Å². The monoisotopic (exact) mass is 742 g/mol. The molecule has 4 aliphatic heterocycles. The Morgan fingerprint density at radius 1 is 0.696 bits per heavy atom. The van der Waals surface area contributed by atoms with Crippen molar-refractivity contribution in [2.75, 3.05) is 32.7 Å². The molecule has 280 valence electrons. The molecule has 1 N–H and O–H groups in total. The number of aryl methyl sites for hydroxylation is 1. The summed E-state index contributed by atoms with van der Waals surface area (Å²) in [6, 6.07) is 28.2. The second-order valence-electron chi connectivity index (χ2n) is 15.4. The number of hydrogen-bond acceptors (Lipinski definition) is 6. The number of hydrogen-bond donors (Lipinski definition) is 1. The lowest BCUT2D eigenvalue weighted by atomic mass is 9.88. The van der Waals surface area contributed by atoms with E-state index in [0.717, 1.165) is 60.8 Å². The standard InChI is InChI=1S/C47H42N4O5/c1-4-45(54)49-23-34(24-49)48-15-14-44(53)41-18-30(10-11-31(41)22-48)40-21-36(52)17-32-16-29(12-13-38(32)40)39-19-33(37-9-7-6-8-28(37)3)20-42-43(39)27-51(47(42)56)35-25-50(26-35)46(55)5-2/h4-13,16-21,34-35,52H,1-2,14-15,22-27H2,3H3. The molecule has 0 bridgehead atoms. The quantitative estimate of drug-likeness (QED) is 0.181. The molecule has 2 fully saturated rings. The molecule has 0 atom stereocenters. The van der Waals surface area contributed by atoms with Gasteiger partial charge in [-0.15, -0.1) is 0 Å². The van der Waals surface area contributed by atoms with E-state index in [-0.39, 0.29) is 41.3 Å². The molecular weight excluding hydrogens is 701 g/mol. The normalized spacial score (nSPS) is 17.3. The highest BCUT2D eigenvalue weighted by Crippen LogP contribution is 2.42. The van der Waals surface area contributed by atoms with E-state index in [0.29, 0.717) is 63.4 Å². The summed E-state index contributed by atoms with van der Waals surface area (Å²) < 4.78 is 0. The van der Waals surface area contributed by atoms with Gasteiger partial charge < -0.3 is 19.8 Å². The smallest absolute Gasteiger partial charge is 0.254 e. The van der Waals surface area contributed by atoms with Crippen molar-refractivity contribution in [1.82, 2.24) is 19.6 Å². The number of Topliss-reactive ketones (excluding diaryl/α,β-unsaturated/α-hetero) is 1. The van der Waals surface area contributed by atoms with Gasteiger partial charge in [0.15, 0.2) is 5.78 Å². The van der Waals surface area contributed by atoms with Crippen LogP contribution in [0.5, 0.6) is 5.75 Å². The SMILES string of the molecule is C=CC(=O)N1CC(N2CCC(=O)c3cc(-c4cc(O)cc5cc(-c6cc(-c7ccccc7C)cc7c6CN(C6CN(C(=O)C=C)C6)C7=O)ccc45)ccc3C2)C1. The number of phenols is 1. The van der Waals surface area contributed by atoms with Crippen LogP contribution in [0.25, 0.3) is 44.2 Å². The summed E-state index contributed by atoms with van der Waals surface area (Å²) in [5, 5.41) is 12.9. The van der Waals surface area contributed by atoms with Gasteiger partial charge in [0.1, 0.15) is 5.75 Å². The molecule has 0 unspecified atom stereocenters. The minimum atomic E-state index is -0.129. The zero-order valence-electron chi connectivity index (χ0n) is 31.3. The first kappa shape index (κ1) is 35.4. The number of fused-ring (bicyclic) bond motifs is 3. The van der Waals surface area contributed by atoms with Gasteiger partial charge in [-0.2, -0.15) is 0 Å². The average molecular weight is 743 g/mol. The third-order valence-electron chi connectivity index (χ3n) is 12.1. The van der Waals surface area contributed by atoms with Gasteiger partial charge in [0.2, 0.25) is 11.8 Å². The van der Waals surface area contributed by atoms with E-state index in [1.54, 1.807) is 21.9 Å². The molecule has 0 spiro atoms. The minimum Gasteiger partial charge on any atom is -0.508 e. The van der Waals surface area contributed by atoms with Crippen LogP contribution in [-0.2, 0) is 22.7 Å².